The molecule has 0 aromatic heterocycles. The average Bonchev–Trinajstić information content (AvgIpc) is 2.58. The number of rotatable bonds is 4. The summed E-state index contributed by atoms with van der Waals surface area (Å²) in [5.41, 5.74) is 11.6. The first kappa shape index (κ1) is 19.2. The van der Waals surface area contributed by atoms with E-state index >= 15 is 0 Å². The quantitative estimate of drug-likeness (QED) is 0.474. The van der Waals surface area contributed by atoms with Crippen LogP contribution < -0.4 is 10.9 Å². The molecule has 27 heavy (non-hydrogen) atoms. The van der Waals surface area contributed by atoms with E-state index in [2.05, 4.69) is 90.1 Å². The number of nitrogens with zero attached hydrogens (tertiary/aromatic N) is 1. The molecule has 0 N–H and O–H groups in total. The molecule has 1 nitrogen and oxygen atoms in total. The zero-order valence-corrected chi connectivity index (χ0v) is 17.3. The molecule has 136 valence electrons. The molecule has 0 bridgehead atoms. The van der Waals surface area contributed by atoms with Crippen molar-refractivity contribution < 1.29 is 0 Å². The lowest BCUT2D eigenvalue weighted by atomic mass is 9.47. The number of hydrogen-bond donors (Lipinski definition) is 0. The molecule has 0 saturated heterocycles. The van der Waals surface area contributed by atoms with Crippen LogP contribution in [0.2, 0.25) is 0 Å². The molecule has 0 fully saturated rings. The SMILES string of the molecule is Cc1cc(C)c(B(/N=C/c2ccccc2)c2c(C)cc(C)cc2C)c(C)c1. The highest BCUT2D eigenvalue weighted by Crippen LogP contribution is 2.13. The van der Waals surface area contributed by atoms with E-state index in [1.165, 1.54) is 44.3 Å². The standard InChI is InChI=1S/C25H28BN/c1-17-12-19(3)24(20(4)13-17)26(27-16-23-10-8-7-9-11-23)25-21(5)14-18(2)15-22(25)6/h7-16H,1-6H3/b27-16+. The van der Waals surface area contributed by atoms with Gasteiger partial charge in [-0.2, -0.15) is 0 Å². The van der Waals surface area contributed by atoms with Gasteiger partial charge in [0.05, 0.1) is 0 Å². The smallest absolute Gasteiger partial charge is 0.335 e. The maximum absolute atomic E-state index is 5.11. The molecule has 0 amide bonds. The van der Waals surface area contributed by atoms with Crippen molar-refractivity contribution in [3.63, 3.8) is 0 Å². The zero-order chi connectivity index (χ0) is 19.6. The molecule has 3 aromatic carbocycles. The van der Waals surface area contributed by atoms with Gasteiger partial charge < -0.3 is 4.90 Å². The zero-order valence-electron chi connectivity index (χ0n) is 17.3. The summed E-state index contributed by atoms with van der Waals surface area (Å²) in [6.45, 7) is 13.2. The fraction of sp³-hybridized carbons (Fsp3) is 0.240. The molecule has 2 heteroatoms. The van der Waals surface area contributed by atoms with Gasteiger partial charge in [0.1, 0.15) is 0 Å². The summed E-state index contributed by atoms with van der Waals surface area (Å²) >= 11 is 0. The van der Waals surface area contributed by atoms with Crippen molar-refractivity contribution in [2.45, 2.75) is 41.5 Å². The third kappa shape index (κ3) is 4.22. The van der Waals surface area contributed by atoms with Crippen LogP contribution in [0.4, 0.5) is 0 Å². The van der Waals surface area contributed by atoms with Crippen molar-refractivity contribution >= 4 is 24.0 Å². The van der Waals surface area contributed by atoms with Gasteiger partial charge in [-0.1, -0.05) is 88.0 Å². The van der Waals surface area contributed by atoms with Crippen LogP contribution in [0.25, 0.3) is 0 Å². The van der Waals surface area contributed by atoms with E-state index in [0.717, 1.165) is 5.56 Å². The highest BCUT2D eigenvalue weighted by Gasteiger charge is 2.26. The van der Waals surface area contributed by atoms with Crippen LogP contribution >= 0.6 is 0 Å². The Morgan fingerprint density at radius 3 is 1.44 bits per heavy atom. The number of benzene rings is 3. The van der Waals surface area contributed by atoms with Crippen molar-refractivity contribution in [2.24, 2.45) is 4.90 Å². The first-order valence-electron chi connectivity index (χ1n) is 9.60. The Labute approximate surface area is 164 Å². The van der Waals surface area contributed by atoms with Crippen LogP contribution in [0.3, 0.4) is 0 Å². The van der Waals surface area contributed by atoms with E-state index in [-0.39, 0.29) is 6.85 Å². The third-order valence-electron chi connectivity index (χ3n) is 5.20. The number of hydrogen-bond acceptors (Lipinski definition) is 1. The van der Waals surface area contributed by atoms with Gasteiger partial charge in [0.15, 0.2) is 0 Å². The predicted molar refractivity (Wildman–Crippen MR) is 120 cm³/mol. The van der Waals surface area contributed by atoms with Crippen LogP contribution in [0.5, 0.6) is 0 Å². The molecule has 0 aliphatic rings. The Morgan fingerprint density at radius 1 is 0.630 bits per heavy atom. The molecular weight excluding hydrogens is 325 g/mol. The van der Waals surface area contributed by atoms with Crippen molar-refractivity contribution in [3.8, 4) is 0 Å². The van der Waals surface area contributed by atoms with Crippen LogP contribution in [0, 0.1) is 41.5 Å². The lowest BCUT2D eigenvalue weighted by molar-refractivity contribution is 1.33. The molecule has 0 atom stereocenters. The Morgan fingerprint density at radius 2 is 1.04 bits per heavy atom. The molecular formula is C25H28BN. The van der Waals surface area contributed by atoms with Crippen molar-refractivity contribution in [1.29, 1.82) is 0 Å². The molecule has 0 aliphatic carbocycles. The summed E-state index contributed by atoms with van der Waals surface area (Å²) in [6, 6.07) is 19.4. The first-order chi connectivity index (χ1) is 12.9. The van der Waals surface area contributed by atoms with Gasteiger partial charge in [-0.05, 0) is 58.0 Å². The number of aryl methyl sites for hydroxylation is 6. The molecule has 3 rings (SSSR count). The van der Waals surface area contributed by atoms with E-state index in [9.17, 15) is 0 Å². The molecule has 0 heterocycles. The fourth-order valence-corrected chi connectivity index (χ4v) is 4.24. The van der Waals surface area contributed by atoms with Gasteiger partial charge >= 0.3 is 6.85 Å². The molecule has 0 aliphatic heterocycles. The minimum Gasteiger partial charge on any atom is -0.335 e. The minimum atomic E-state index is 0.00593. The Balaban J connectivity index is 2.21. The van der Waals surface area contributed by atoms with E-state index in [1.807, 2.05) is 12.3 Å². The van der Waals surface area contributed by atoms with Gasteiger partial charge in [0.2, 0.25) is 0 Å². The predicted octanol–water partition coefficient (Wildman–Crippen LogP) is 4.76. The maximum atomic E-state index is 5.11. The van der Waals surface area contributed by atoms with E-state index in [0.29, 0.717) is 0 Å². The normalized spacial score (nSPS) is 11.2. The minimum absolute atomic E-state index is 0.00593. The summed E-state index contributed by atoms with van der Waals surface area (Å²) in [6.07, 6.45) is 2.02. The van der Waals surface area contributed by atoms with E-state index in [4.69, 9.17) is 4.90 Å². The van der Waals surface area contributed by atoms with Crippen LogP contribution in [-0.2, 0) is 0 Å². The van der Waals surface area contributed by atoms with Crippen molar-refractivity contribution in [2.75, 3.05) is 0 Å². The molecule has 3 aromatic rings. The van der Waals surface area contributed by atoms with Crippen LogP contribution in [-0.4, -0.2) is 13.1 Å². The van der Waals surface area contributed by atoms with Gasteiger partial charge in [-0.15, -0.1) is 0 Å². The van der Waals surface area contributed by atoms with E-state index in [1.54, 1.807) is 0 Å². The molecule has 0 saturated carbocycles. The van der Waals surface area contributed by atoms with Gasteiger partial charge in [-0.3, -0.25) is 0 Å². The second kappa shape index (κ2) is 7.96. The summed E-state index contributed by atoms with van der Waals surface area (Å²) in [7, 11) is 0. The van der Waals surface area contributed by atoms with Crippen molar-refractivity contribution in [1.82, 2.24) is 0 Å². The van der Waals surface area contributed by atoms with Crippen LogP contribution in [0.15, 0.2) is 59.5 Å². The summed E-state index contributed by atoms with van der Waals surface area (Å²) in [4.78, 5) is 5.11. The van der Waals surface area contributed by atoms with E-state index < -0.39 is 0 Å². The topological polar surface area (TPSA) is 12.4 Å². The van der Waals surface area contributed by atoms with Gasteiger partial charge in [0, 0.05) is 6.21 Å². The van der Waals surface area contributed by atoms with Gasteiger partial charge in [-0.25, -0.2) is 0 Å². The average molecular weight is 353 g/mol. The lowest BCUT2D eigenvalue weighted by Crippen LogP contribution is -2.46. The molecule has 0 spiro atoms. The Bertz CT molecular complexity index is 883. The molecule has 0 radical (unpaired) electrons. The third-order valence-corrected chi connectivity index (χ3v) is 5.20. The highest BCUT2D eigenvalue weighted by molar-refractivity contribution is 6.85. The van der Waals surface area contributed by atoms with Crippen molar-refractivity contribution in [3.05, 3.63) is 93.5 Å². The molecule has 0 unspecified atom stereocenters. The van der Waals surface area contributed by atoms with Crippen LogP contribution in [0.1, 0.15) is 38.9 Å². The summed E-state index contributed by atoms with van der Waals surface area (Å²) < 4.78 is 0. The van der Waals surface area contributed by atoms with Gasteiger partial charge in [0.25, 0.3) is 0 Å². The first-order valence-corrected chi connectivity index (χ1v) is 9.60. The summed E-state index contributed by atoms with van der Waals surface area (Å²) in [5, 5.41) is 0. The summed E-state index contributed by atoms with van der Waals surface area (Å²) in [5.74, 6) is 0. The Hall–Kier alpha value is -2.61. The second-order valence-electron chi connectivity index (χ2n) is 7.72. The largest absolute Gasteiger partial charge is 0.345 e. The highest BCUT2D eigenvalue weighted by atomic mass is 14.6. The maximum Gasteiger partial charge on any atom is 0.345 e. The lowest BCUT2D eigenvalue weighted by Gasteiger charge is -2.20. The Kier molecular flexibility index (Phi) is 5.65. The second-order valence-corrected chi connectivity index (χ2v) is 7.72. The monoisotopic (exact) mass is 353 g/mol. The fourth-order valence-electron chi connectivity index (χ4n) is 4.24.